The predicted octanol–water partition coefficient (Wildman–Crippen LogP) is 8.74. The zero-order valence-electron chi connectivity index (χ0n) is 30.6. The van der Waals surface area contributed by atoms with E-state index in [0.29, 0.717) is 25.7 Å². The Morgan fingerprint density at radius 3 is 1.70 bits per heavy atom. The van der Waals surface area contributed by atoms with E-state index in [4.69, 9.17) is 18.5 Å². The van der Waals surface area contributed by atoms with Gasteiger partial charge < -0.3 is 24.6 Å². The number of rotatable bonds is 22. The summed E-state index contributed by atoms with van der Waals surface area (Å²) in [5, 5.41) is 5.65. The fraction of sp³-hybridized carbons (Fsp3) is 0.357. The number of alkyl carbamates (subject to hydrolysis) is 1. The fourth-order valence-electron chi connectivity index (χ4n) is 5.49. The van der Waals surface area contributed by atoms with Crippen molar-refractivity contribution in [1.29, 1.82) is 0 Å². The molecule has 4 aromatic rings. The molecule has 0 heterocycles. The second-order valence-corrected chi connectivity index (χ2v) is 15.2. The predicted molar refractivity (Wildman–Crippen MR) is 205 cm³/mol. The van der Waals surface area contributed by atoms with E-state index in [0.717, 1.165) is 22.3 Å². The van der Waals surface area contributed by atoms with E-state index >= 15 is 0 Å². The number of carbonyl (C=O) groups is 3. The average molecular weight is 743 g/mol. The SMILES string of the molecule is CC(C)[C@@H](NC(=O)CCCc1ccccc1)P(=O)(OCc1ccccc1)OC(CCCCNC(=O)OCc1ccccc1)C(=O)OCc1ccccc1. The van der Waals surface area contributed by atoms with Crippen LogP contribution in [0.4, 0.5) is 4.79 Å². The van der Waals surface area contributed by atoms with Gasteiger partial charge in [0.2, 0.25) is 5.91 Å². The highest BCUT2D eigenvalue weighted by molar-refractivity contribution is 7.54. The van der Waals surface area contributed by atoms with Gasteiger partial charge in [-0.3, -0.25) is 13.9 Å². The van der Waals surface area contributed by atoms with Crippen LogP contribution >= 0.6 is 7.60 Å². The molecular weight excluding hydrogens is 691 g/mol. The van der Waals surface area contributed by atoms with E-state index in [9.17, 15) is 18.9 Å². The number of benzene rings is 4. The zero-order chi connectivity index (χ0) is 37.7. The zero-order valence-corrected chi connectivity index (χ0v) is 31.5. The molecule has 11 heteroatoms. The summed E-state index contributed by atoms with van der Waals surface area (Å²) >= 11 is 0. The van der Waals surface area contributed by atoms with Crippen LogP contribution in [-0.4, -0.2) is 36.4 Å². The Bertz CT molecular complexity index is 1710. The minimum atomic E-state index is -4.23. The molecule has 53 heavy (non-hydrogen) atoms. The van der Waals surface area contributed by atoms with Crippen LogP contribution in [-0.2, 0) is 58.9 Å². The Morgan fingerprint density at radius 2 is 1.15 bits per heavy atom. The highest BCUT2D eigenvalue weighted by atomic mass is 31.2. The third kappa shape index (κ3) is 15.0. The van der Waals surface area contributed by atoms with Crippen molar-refractivity contribution in [2.45, 2.75) is 84.1 Å². The molecule has 282 valence electrons. The standard InChI is InChI=1S/C42H51N2O8P/c1-33(2)40(44-39(45)28-17-26-34-18-7-3-8-19-34)53(48,51-32-37-24-13-6-14-25-37)52-38(41(46)49-30-35-20-9-4-10-21-35)27-15-16-29-43-42(47)50-31-36-22-11-5-12-23-36/h3-14,18-25,33,38,40H,15-17,26-32H2,1-2H3,(H,43,47)(H,44,45)/t38?,40-,53?/m0/s1. The Morgan fingerprint density at radius 1 is 0.642 bits per heavy atom. The number of ether oxygens (including phenoxy) is 2. The van der Waals surface area contributed by atoms with Crippen LogP contribution in [0.25, 0.3) is 0 Å². The van der Waals surface area contributed by atoms with Gasteiger partial charge in [-0.15, -0.1) is 0 Å². The molecule has 4 rings (SSSR count). The molecule has 0 aliphatic carbocycles. The highest BCUT2D eigenvalue weighted by Crippen LogP contribution is 2.56. The molecule has 0 bridgehead atoms. The number of carbonyl (C=O) groups excluding carboxylic acids is 3. The first-order valence-electron chi connectivity index (χ1n) is 18.2. The van der Waals surface area contributed by atoms with Gasteiger partial charge in [-0.2, -0.15) is 0 Å². The summed E-state index contributed by atoms with van der Waals surface area (Å²) in [6.07, 6.45) is 0.716. The number of esters is 1. The number of hydrogen-bond acceptors (Lipinski definition) is 8. The molecule has 2 N–H and O–H groups in total. The smallest absolute Gasteiger partial charge is 0.407 e. The number of amides is 2. The van der Waals surface area contributed by atoms with Crippen LogP contribution in [0.15, 0.2) is 121 Å². The molecule has 0 aromatic heterocycles. The maximum absolute atomic E-state index is 15.0. The monoisotopic (exact) mass is 742 g/mol. The van der Waals surface area contributed by atoms with Crippen molar-refractivity contribution in [2.24, 2.45) is 5.92 Å². The number of aryl methyl sites for hydroxylation is 1. The van der Waals surface area contributed by atoms with Crippen molar-refractivity contribution < 1.29 is 37.5 Å². The molecule has 0 radical (unpaired) electrons. The summed E-state index contributed by atoms with van der Waals surface area (Å²) in [7, 11) is -4.23. The summed E-state index contributed by atoms with van der Waals surface area (Å²) in [4.78, 5) is 39.2. The lowest BCUT2D eigenvalue weighted by Gasteiger charge is -2.32. The van der Waals surface area contributed by atoms with E-state index in [1.54, 1.807) is 0 Å². The first-order chi connectivity index (χ1) is 25.7. The van der Waals surface area contributed by atoms with E-state index in [1.807, 2.05) is 135 Å². The van der Waals surface area contributed by atoms with E-state index in [-0.39, 0.29) is 51.0 Å². The van der Waals surface area contributed by atoms with Gasteiger partial charge in [0.05, 0.1) is 6.61 Å². The molecule has 0 spiro atoms. The minimum absolute atomic E-state index is 0.00469. The first kappa shape index (κ1) is 41.0. The normalized spacial score (nSPS) is 13.3. The number of unbranched alkanes of at least 4 members (excludes halogenated alkanes) is 1. The van der Waals surface area contributed by atoms with Crippen LogP contribution in [0.1, 0.15) is 68.2 Å². The largest absolute Gasteiger partial charge is 0.459 e. The second kappa shape index (κ2) is 22.3. The van der Waals surface area contributed by atoms with Crippen molar-refractivity contribution in [2.75, 3.05) is 6.54 Å². The Balaban J connectivity index is 1.45. The molecule has 0 fully saturated rings. The molecule has 0 aliphatic heterocycles. The van der Waals surface area contributed by atoms with Crippen molar-refractivity contribution in [1.82, 2.24) is 10.6 Å². The Hall–Kier alpha value is -4.76. The van der Waals surface area contributed by atoms with E-state index in [2.05, 4.69) is 10.6 Å². The van der Waals surface area contributed by atoms with Gasteiger partial charge in [-0.05, 0) is 60.3 Å². The van der Waals surface area contributed by atoms with Crippen LogP contribution in [0.2, 0.25) is 0 Å². The third-order valence-electron chi connectivity index (χ3n) is 8.38. The molecule has 4 aromatic carbocycles. The number of nitrogens with one attached hydrogen (secondary N) is 2. The third-order valence-corrected chi connectivity index (χ3v) is 10.8. The topological polar surface area (TPSA) is 129 Å². The fourth-order valence-corrected chi connectivity index (χ4v) is 7.75. The van der Waals surface area contributed by atoms with Crippen LogP contribution in [0, 0.1) is 5.92 Å². The highest BCUT2D eigenvalue weighted by Gasteiger charge is 2.43. The van der Waals surface area contributed by atoms with Gasteiger partial charge in [0.25, 0.3) is 0 Å². The van der Waals surface area contributed by atoms with Crippen molar-refractivity contribution in [3.05, 3.63) is 144 Å². The van der Waals surface area contributed by atoms with E-state index < -0.39 is 31.5 Å². The van der Waals surface area contributed by atoms with Crippen molar-refractivity contribution >= 4 is 25.6 Å². The molecular formula is C42H51N2O8P. The summed E-state index contributed by atoms with van der Waals surface area (Å²) < 4.78 is 38.3. The summed E-state index contributed by atoms with van der Waals surface area (Å²) in [5.41, 5.74) is 3.53. The summed E-state index contributed by atoms with van der Waals surface area (Å²) in [5.74, 6) is -2.41. The lowest BCUT2D eigenvalue weighted by molar-refractivity contribution is -0.154. The quantitative estimate of drug-likeness (QED) is 0.0465. The molecule has 3 atom stereocenters. The average Bonchev–Trinajstić information content (AvgIpc) is 3.18. The van der Waals surface area contributed by atoms with Gasteiger partial charge in [0.15, 0.2) is 6.10 Å². The molecule has 0 saturated carbocycles. The maximum atomic E-state index is 15.0. The molecule has 10 nitrogen and oxygen atoms in total. The summed E-state index contributed by atoms with van der Waals surface area (Å²) in [6.45, 7) is 4.01. The van der Waals surface area contributed by atoms with Crippen LogP contribution in [0.3, 0.4) is 0 Å². The molecule has 2 unspecified atom stereocenters. The minimum Gasteiger partial charge on any atom is -0.459 e. The van der Waals surface area contributed by atoms with Gasteiger partial charge >= 0.3 is 19.7 Å². The molecule has 0 aliphatic rings. The Labute approximate surface area is 313 Å². The van der Waals surface area contributed by atoms with E-state index in [1.165, 1.54) is 0 Å². The second-order valence-electron chi connectivity index (χ2n) is 13.1. The first-order valence-corrected chi connectivity index (χ1v) is 19.8. The van der Waals surface area contributed by atoms with Gasteiger partial charge in [-0.1, -0.05) is 135 Å². The lowest BCUT2D eigenvalue weighted by atomic mass is 10.1. The van der Waals surface area contributed by atoms with Crippen molar-refractivity contribution in [3.8, 4) is 0 Å². The lowest BCUT2D eigenvalue weighted by Crippen LogP contribution is -2.41. The van der Waals surface area contributed by atoms with Crippen molar-refractivity contribution in [3.63, 3.8) is 0 Å². The van der Waals surface area contributed by atoms with Gasteiger partial charge in [0, 0.05) is 13.0 Å². The van der Waals surface area contributed by atoms with Crippen LogP contribution < -0.4 is 10.6 Å². The Kier molecular flexibility index (Phi) is 17.3. The van der Waals surface area contributed by atoms with Gasteiger partial charge in [0.1, 0.15) is 19.0 Å². The van der Waals surface area contributed by atoms with Gasteiger partial charge in [-0.25, -0.2) is 9.59 Å². The number of hydrogen-bond donors (Lipinski definition) is 2. The molecule has 2 amide bonds. The van der Waals surface area contributed by atoms with Crippen LogP contribution in [0.5, 0.6) is 0 Å². The maximum Gasteiger partial charge on any atom is 0.407 e. The summed E-state index contributed by atoms with van der Waals surface area (Å²) in [6, 6.07) is 37.7. The molecule has 0 saturated heterocycles.